The van der Waals surface area contributed by atoms with Crippen molar-refractivity contribution in [1.82, 2.24) is 4.90 Å². The smallest absolute Gasteiger partial charge is 0.339 e. The van der Waals surface area contributed by atoms with E-state index in [-0.39, 0.29) is 5.97 Å². The van der Waals surface area contributed by atoms with E-state index in [0.717, 1.165) is 49.5 Å². The third-order valence-corrected chi connectivity index (χ3v) is 3.99. The van der Waals surface area contributed by atoms with E-state index in [1.165, 1.54) is 0 Å². The van der Waals surface area contributed by atoms with Crippen LogP contribution in [0.3, 0.4) is 0 Å². The molecule has 1 aromatic rings. The molecule has 2 aliphatic heterocycles. The minimum absolute atomic E-state index is 0.191. The molecule has 4 heteroatoms. The van der Waals surface area contributed by atoms with Crippen LogP contribution in [0.4, 0.5) is 0 Å². The molecule has 0 spiro atoms. The average molecular weight is 261 g/mol. The second-order valence-corrected chi connectivity index (χ2v) is 5.51. The molecule has 0 aromatic heterocycles. The van der Waals surface area contributed by atoms with Crippen LogP contribution in [0.1, 0.15) is 28.4 Å². The van der Waals surface area contributed by atoms with Crippen LogP contribution in [0, 0.1) is 6.92 Å². The quantitative estimate of drug-likeness (QED) is 0.760. The lowest BCUT2D eigenvalue weighted by Crippen LogP contribution is -2.44. The number of nitrogens with zero attached hydrogens (tertiary/aromatic N) is 1. The number of morpholine rings is 1. The summed E-state index contributed by atoms with van der Waals surface area (Å²) in [4.78, 5) is 14.4. The van der Waals surface area contributed by atoms with Gasteiger partial charge in [0.2, 0.25) is 0 Å². The summed E-state index contributed by atoms with van der Waals surface area (Å²) in [6.07, 6.45) is 0. The fraction of sp³-hybridized carbons (Fsp3) is 0.533. The average Bonchev–Trinajstić information content (AvgIpc) is 2.63. The van der Waals surface area contributed by atoms with Crippen LogP contribution >= 0.6 is 0 Å². The fourth-order valence-corrected chi connectivity index (χ4v) is 2.99. The number of fused-ring (bicyclic) bond motifs is 1. The van der Waals surface area contributed by atoms with Crippen molar-refractivity contribution in [2.24, 2.45) is 0 Å². The lowest BCUT2D eigenvalue weighted by atomic mass is 9.91. The number of carbonyl (C=O) groups excluding carboxylic acids is 1. The Kier molecular flexibility index (Phi) is 3.07. The molecular formula is C15H19NO3. The first kappa shape index (κ1) is 12.6. The van der Waals surface area contributed by atoms with Crippen LogP contribution < -0.4 is 0 Å². The van der Waals surface area contributed by atoms with Gasteiger partial charge in [0.1, 0.15) is 5.60 Å². The van der Waals surface area contributed by atoms with Crippen LogP contribution in [0.2, 0.25) is 0 Å². The Bertz CT molecular complexity index is 508. The van der Waals surface area contributed by atoms with Crippen molar-refractivity contribution in [1.29, 1.82) is 0 Å². The van der Waals surface area contributed by atoms with Gasteiger partial charge in [0, 0.05) is 25.2 Å². The number of ether oxygens (including phenoxy) is 2. The normalized spacial score (nSPS) is 27.2. The first-order valence-electron chi connectivity index (χ1n) is 6.74. The van der Waals surface area contributed by atoms with Gasteiger partial charge in [-0.15, -0.1) is 0 Å². The van der Waals surface area contributed by atoms with Crippen molar-refractivity contribution < 1.29 is 14.3 Å². The highest BCUT2D eigenvalue weighted by molar-refractivity contribution is 5.96. The Hall–Kier alpha value is -1.39. The van der Waals surface area contributed by atoms with Crippen LogP contribution in [0.25, 0.3) is 0 Å². The first-order valence-corrected chi connectivity index (χ1v) is 6.74. The van der Waals surface area contributed by atoms with Crippen molar-refractivity contribution >= 4 is 5.97 Å². The predicted octanol–water partition coefficient (Wildman–Crippen LogP) is 1.71. The summed E-state index contributed by atoms with van der Waals surface area (Å²) in [5.74, 6) is -0.191. The molecule has 2 heterocycles. The highest BCUT2D eigenvalue weighted by atomic mass is 16.6. The summed E-state index contributed by atoms with van der Waals surface area (Å²) >= 11 is 0. The molecule has 2 aliphatic rings. The van der Waals surface area contributed by atoms with Gasteiger partial charge in [-0.2, -0.15) is 0 Å². The van der Waals surface area contributed by atoms with E-state index in [2.05, 4.69) is 4.90 Å². The number of carbonyl (C=O) groups is 1. The molecule has 0 amide bonds. The second kappa shape index (κ2) is 4.62. The van der Waals surface area contributed by atoms with E-state index >= 15 is 0 Å². The Labute approximate surface area is 113 Å². The summed E-state index contributed by atoms with van der Waals surface area (Å²) in [5, 5.41) is 0. The highest BCUT2D eigenvalue weighted by Crippen LogP contribution is 2.38. The number of hydrogen-bond donors (Lipinski definition) is 0. The zero-order chi connectivity index (χ0) is 13.5. The van der Waals surface area contributed by atoms with E-state index < -0.39 is 5.60 Å². The van der Waals surface area contributed by atoms with Gasteiger partial charge in [0.05, 0.1) is 18.8 Å². The maximum absolute atomic E-state index is 12.1. The molecular weight excluding hydrogens is 242 g/mol. The number of hydrogen-bond acceptors (Lipinski definition) is 4. The number of rotatable bonds is 2. The fourth-order valence-electron chi connectivity index (χ4n) is 2.99. The Morgan fingerprint density at radius 1 is 1.32 bits per heavy atom. The molecule has 1 saturated heterocycles. The monoisotopic (exact) mass is 261 g/mol. The molecule has 0 N–H and O–H groups in total. The van der Waals surface area contributed by atoms with Gasteiger partial charge in [-0.1, -0.05) is 18.2 Å². The SMILES string of the molecule is Cc1cccc2c1C(=O)OC2(C)CN1CCOCC1. The first-order chi connectivity index (χ1) is 9.10. The van der Waals surface area contributed by atoms with Crippen LogP contribution in [-0.4, -0.2) is 43.7 Å². The second-order valence-electron chi connectivity index (χ2n) is 5.51. The van der Waals surface area contributed by atoms with Gasteiger partial charge in [-0.25, -0.2) is 4.79 Å². The number of esters is 1. The van der Waals surface area contributed by atoms with E-state index in [1.54, 1.807) is 0 Å². The number of benzene rings is 1. The van der Waals surface area contributed by atoms with Crippen LogP contribution in [0.15, 0.2) is 18.2 Å². The van der Waals surface area contributed by atoms with Crippen molar-refractivity contribution in [3.05, 3.63) is 34.9 Å². The maximum atomic E-state index is 12.1. The van der Waals surface area contributed by atoms with Gasteiger partial charge in [0.15, 0.2) is 0 Å². The van der Waals surface area contributed by atoms with E-state index in [1.807, 2.05) is 32.0 Å². The molecule has 0 saturated carbocycles. The zero-order valence-corrected chi connectivity index (χ0v) is 11.4. The Morgan fingerprint density at radius 2 is 2.05 bits per heavy atom. The third kappa shape index (κ3) is 2.15. The topological polar surface area (TPSA) is 38.8 Å². The van der Waals surface area contributed by atoms with Crippen molar-refractivity contribution in [2.75, 3.05) is 32.8 Å². The summed E-state index contributed by atoms with van der Waals surface area (Å²) in [6, 6.07) is 5.96. The Balaban J connectivity index is 1.89. The van der Waals surface area contributed by atoms with Gasteiger partial charge in [-0.05, 0) is 19.4 Å². The molecule has 0 aliphatic carbocycles. The lowest BCUT2D eigenvalue weighted by Gasteiger charge is -2.34. The Morgan fingerprint density at radius 3 is 2.79 bits per heavy atom. The predicted molar refractivity (Wildman–Crippen MR) is 71.2 cm³/mol. The van der Waals surface area contributed by atoms with Gasteiger partial charge >= 0.3 is 5.97 Å². The maximum Gasteiger partial charge on any atom is 0.339 e. The highest BCUT2D eigenvalue weighted by Gasteiger charge is 2.43. The molecule has 102 valence electrons. The summed E-state index contributed by atoms with van der Waals surface area (Å²) in [7, 11) is 0. The summed E-state index contributed by atoms with van der Waals surface area (Å²) in [6.45, 7) is 8.00. The van der Waals surface area contributed by atoms with E-state index in [9.17, 15) is 4.79 Å². The van der Waals surface area contributed by atoms with Crippen molar-refractivity contribution in [3.8, 4) is 0 Å². The molecule has 1 unspecified atom stereocenters. The standard InChI is InChI=1S/C15H19NO3/c1-11-4-3-5-12-13(11)14(17)19-15(12,2)10-16-6-8-18-9-7-16/h3-5H,6-10H2,1-2H3. The molecule has 1 atom stereocenters. The summed E-state index contributed by atoms with van der Waals surface area (Å²) in [5.41, 5.74) is 2.23. The molecule has 1 aromatic carbocycles. The zero-order valence-electron chi connectivity index (χ0n) is 11.4. The molecule has 19 heavy (non-hydrogen) atoms. The van der Waals surface area contributed by atoms with Gasteiger partial charge in [0.25, 0.3) is 0 Å². The third-order valence-electron chi connectivity index (χ3n) is 3.99. The number of cyclic esters (lactones) is 1. The lowest BCUT2D eigenvalue weighted by molar-refractivity contribution is -0.0375. The molecule has 1 fully saturated rings. The van der Waals surface area contributed by atoms with Crippen molar-refractivity contribution in [2.45, 2.75) is 19.4 Å². The van der Waals surface area contributed by atoms with Gasteiger partial charge in [-0.3, -0.25) is 4.90 Å². The largest absolute Gasteiger partial charge is 0.449 e. The van der Waals surface area contributed by atoms with Crippen LogP contribution in [-0.2, 0) is 15.1 Å². The molecule has 4 nitrogen and oxygen atoms in total. The minimum atomic E-state index is -0.532. The number of aryl methyl sites for hydroxylation is 1. The molecule has 0 radical (unpaired) electrons. The van der Waals surface area contributed by atoms with E-state index in [4.69, 9.17) is 9.47 Å². The van der Waals surface area contributed by atoms with E-state index in [0.29, 0.717) is 0 Å². The van der Waals surface area contributed by atoms with Crippen LogP contribution in [0.5, 0.6) is 0 Å². The van der Waals surface area contributed by atoms with Crippen molar-refractivity contribution in [3.63, 3.8) is 0 Å². The molecule has 3 rings (SSSR count). The minimum Gasteiger partial charge on any atom is -0.449 e. The summed E-state index contributed by atoms with van der Waals surface area (Å²) < 4.78 is 11.0. The molecule has 0 bridgehead atoms. The van der Waals surface area contributed by atoms with Gasteiger partial charge < -0.3 is 9.47 Å².